The smallest absolute Gasteiger partial charge is 0.267 e. The Bertz CT molecular complexity index is 742. The monoisotopic (exact) mass is 432 g/mol. The molecule has 0 spiro atoms. The number of carbonyl (C=O) groups is 2. The number of para-hydroxylation sites is 1. The van der Waals surface area contributed by atoms with Gasteiger partial charge in [0, 0.05) is 50.4 Å². The SMILES string of the molecule is CSN1CCC(CC(=O)NC2CCN(c3ccccc3/C=C/C(=O)NO)CC2)CC1. The minimum absolute atomic E-state index is 0.189. The van der Waals surface area contributed by atoms with Crippen molar-refractivity contribution in [2.24, 2.45) is 5.92 Å². The summed E-state index contributed by atoms with van der Waals surface area (Å²) in [5, 5.41) is 11.9. The zero-order chi connectivity index (χ0) is 21.3. The van der Waals surface area contributed by atoms with Crippen LogP contribution in [0.1, 0.15) is 37.7 Å². The van der Waals surface area contributed by atoms with E-state index in [1.165, 1.54) is 6.08 Å². The number of piperidine rings is 2. The summed E-state index contributed by atoms with van der Waals surface area (Å²) in [7, 11) is 0. The number of hydroxylamine groups is 1. The van der Waals surface area contributed by atoms with Crippen LogP contribution in [0.2, 0.25) is 0 Å². The fourth-order valence-corrected chi connectivity index (χ4v) is 4.80. The summed E-state index contributed by atoms with van der Waals surface area (Å²) < 4.78 is 2.37. The van der Waals surface area contributed by atoms with Crippen molar-refractivity contribution in [3.05, 3.63) is 35.9 Å². The molecule has 0 bridgehead atoms. The van der Waals surface area contributed by atoms with E-state index in [1.54, 1.807) is 23.5 Å². The molecule has 2 aliphatic heterocycles. The Kier molecular flexibility index (Phi) is 8.60. The van der Waals surface area contributed by atoms with Crippen LogP contribution >= 0.6 is 11.9 Å². The maximum atomic E-state index is 12.5. The molecule has 0 aromatic heterocycles. The van der Waals surface area contributed by atoms with Gasteiger partial charge in [0.15, 0.2) is 0 Å². The van der Waals surface area contributed by atoms with Crippen molar-refractivity contribution in [3.63, 3.8) is 0 Å². The summed E-state index contributed by atoms with van der Waals surface area (Å²) in [6, 6.07) is 8.12. The second kappa shape index (κ2) is 11.4. The van der Waals surface area contributed by atoms with Crippen LogP contribution in [0.15, 0.2) is 30.3 Å². The summed E-state index contributed by atoms with van der Waals surface area (Å²) in [5.41, 5.74) is 3.60. The molecule has 2 saturated heterocycles. The predicted molar refractivity (Wildman–Crippen MR) is 121 cm³/mol. The predicted octanol–water partition coefficient (Wildman–Crippen LogP) is 2.67. The molecule has 3 N–H and O–H groups in total. The zero-order valence-electron chi connectivity index (χ0n) is 17.5. The first kappa shape index (κ1) is 22.7. The standard InChI is InChI=1S/C22H32N4O3S/c1-30-26-14-8-17(9-15-26)16-22(28)23-19-10-12-25(13-11-19)20-5-3-2-4-18(20)6-7-21(27)24-29/h2-7,17,19,29H,8-16H2,1H3,(H,23,28)(H,24,27)/b7-6+. The van der Waals surface area contributed by atoms with Crippen molar-refractivity contribution >= 4 is 35.5 Å². The zero-order valence-corrected chi connectivity index (χ0v) is 18.4. The van der Waals surface area contributed by atoms with Gasteiger partial charge in [-0.25, -0.2) is 5.48 Å². The molecular formula is C22H32N4O3S. The highest BCUT2D eigenvalue weighted by Gasteiger charge is 2.25. The quantitative estimate of drug-likeness (QED) is 0.266. The topological polar surface area (TPSA) is 84.9 Å². The van der Waals surface area contributed by atoms with Crippen LogP contribution in [-0.4, -0.2) is 59.8 Å². The van der Waals surface area contributed by atoms with Gasteiger partial charge in [-0.1, -0.05) is 30.1 Å². The van der Waals surface area contributed by atoms with Gasteiger partial charge in [-0.3, -0.25) is 19.1 Å². The van der Waals surface area contributed by atoms with E-state index in [2.05, 4.69) is 20.8 Å². The molecule has 0 unspecified atom stereocenters. The van der Waals surface area contributed by atoms with Gasteiger partial charge in [-0.15, -0.1) is 0 Å². The Hall–Kier alpha value is -2.03. The number of anilines is 1. The third kappa shape index (κ3) is 6.48. The van der Waals surface area contributed by atoms with E-state index in [9.17, 15) is 9.59 Å². The first-order chi connectivity index (χ1) is 14.6. The van der Waals surface area contributed by atoms with Crippen molar-refractivity contribution in [2.45, 2.75) is 38.1 Å². The summed E-state index contributed by atoms with van der Waals surface area (Å²) >= 11 is 1.79. The van der Waals surface area contributed by atoms with Crippen molar-refractivity contribution in [2.75, 3.05) is 37.3 Å². The van der Waals surface area contributed by atoms with Gasteiger partial charge in [0.05, 0.1) is 0 Å². The molecule has 0 atom stereocenters. The van der Waals surface area contributed by atoms with E-state index >= 15 is 0 Å². The Labute approximate surface area is 183 Å². The number of carbonyl (C=O) groups excluding carboxylic acids is 2. The number of amides is 2. The van der Waals surface area contributed by atoms with E-state index in [0.29, 0.717) is 12.3 Å². The molecule has 30 heavy (non-hydrogen) atoms. The fourth-order valence-electron chi connectivity index (χ4n) is 4.23. The highest BCUT2D eigenvalue weighted by Crippen LogP contribution is 2.26. The van der Waals surface area contributed by atoms with Crippen LogP contribution in [0.3, 0.4) is 0 Å². The van der Waals surface area contributed by atoms with Crippen LogP contribution in [-0.2, 0) is 9.59 Å². The molecule has 1 aromatic carbocycles. The Morgan fingerprint density at radius 1 is 1.13 bits per heavy atom. The van der Waals surface area contributed by atoms with Gasteiger partial charge in [0.25, 0.3) is 5.91 Å². The van der Waals surface area contributed by atoms with Crippen molar-refractivity contribution in [3.8, 4) is 0 Å². The molecule has 2 amide bonds. The lowest BCUT2D eigenvalue weighted by molar-refractivity contribution is -0.124. The summed E-state index contributed by atoms with van der Waals surface area (Å²) in [6.45, 7) is 3.86. The molecule has 2 heterocycles. The summed E-state index contributed by atoms with van der Waals surface area (Å²) in [4.78, 5) is 26.1. The van der Waals surface area contributed by atoms with E-state index in [1.807, 2.05) is 24.3 Å². The maximum Gasteiger partial charge on any atom is 0.267 e. The molecule has 164 valence electrons. The van der Waals surface area contributed by atoms with Crippen molar-refractivity contribution in [1.82, 2.24) is 15.1 Å². The Morgan fingerprint density at radius 3 is 2.50 bits per heavy atom. The molecular weight excluding hydrogens is 400 g/mol. The lowest BCUT2D eigenvalue weighted by Gasteiger charge is -2.35. The molecule has 2 aliphatic rings. The molecule has 0 aliphatic carbocycles. The molecule has 0 radical (unpaired) electrons. The van der Waals surface area contributed by atoms with Gasteiger partial charge >= 0.3 is 0 Å². The second-order valence-corrected chi connectivity index (χ2v) is 8.84. The minimum Gasteiger partial charge on any atom is -0.371 e. The van der Waals surface area contributed by atoms with Gasteiger partial charge in [-0.05, 0) is 55.6 Å². The van der Waals surface area contributed by atoms with Crippen LogP contribution in [0.25, 0.3) is 6.08 Å². The van der Waals surface area contributed by atoms with Crippen molar-refractivity contribution < 1.29 is 14.8 Å². The maximum absolute atomic E-state index is 12.5. The molecule has 2 fully saturated rings. The third-order valence-electron chi connectivity index (χ3n) is 5.97. The van der Waals surface area contributed by atoms with Gasteiger partial charge in [0.2, 0.25) is 5.91 Å². The van der Waals surface area contributed by atoms with Gasteiger partial charge in [0.1, 0.15) is 0 Å². The summed E-state index contributed by atoms with van der Waals surface area (Å²) in [5.74, 6) is 0.142. The highest BCUT2D eigenvalue weighted by molar-refractivity contribution is 7.96. The largest absolute Gasteiger partial charge is 0.371 e. The molecule has 1 aromatic rings. The average Bonchev–Trinajstić information content (AvgIpc) is 2.78. The number of hydrogen-bond donors (Lipinski definition) is 3. The van der Waals surface area contributed by atoms with E-state index in [4.69, 9.17) is 5.21 Å². The molecule has 3 rings (SSSR count). The normalized spacial score (nSPS) is 19.2. The number of rotatable bonds is 7. The van der Waals surface area contributed by atoms with Crippen LogP contribution < -0.4 is 15.7 Å². The van der Waals surface area contributed by atoms with E-state index in [-0.39, 0.29) is 11.9 Å². The highest BCUT2D eigenvalue weighted by atomic mass is 32.2. The van der Waals surface area contributed by atoms with E-state index in [0.717, 1.165) is 63.1 Å². The van der Waals surface area contributed by atoms with E-state index < -0.39 is 5.91 Å². The minimum atomic E-state index is -0.551. The first-order valence-corrected chi connectivity index (χ1v) is 11.8. The second-order valence-electron chi connectivity index (χ2n) is 7.96. The molecule has 7 nitrogen and oxygen atoms in total. The third-order valence-corrected chi connectivity index (χ3v) is 6.85. The molecule has 0 saturated carbocycles. The van der Waals surface area contributed by atoms with Crippen molar-refractivity contribution in [1.29, 1.82) is 0 Å². The lowest BCUT2D eigenvalue weighted by atomic mass is 9.94. The lowest BCUT2D eigenvalue weighted by Crippen LogP contribution is -2.45. The van der Waals surface area contributed by atoms with Crippen LogP contribution in [0.5, 0.6) is 0 Å². The Morgan fingerprint density at radius 2 is 1.83 bits per heavy atom. The number of nitrogens with one attached hydrogen (secondary N) is 2. The van der Waals surface area contributed by atoms with Crippen LogP contribution in [0.4, 0.5) is 5.69 Å². The average molecular weight is 433 g/mol. The van der Waals surface area contributed by atoms with Gasteiger partial charge < -0.3 is 10.2 Å². The number of hydrogen-bond acceptors (Lipinski definition) is 6. The van der Waals surface area contributed by atoms with Gasteiger partial charge in [-0.2, -0.15) is 0 Å². The fraction of sp³-hybridized carbons (Fsp3) is 0.545. The number of benzene rings is 1. The first-order valence-electron chi connectivity index (χ1n) is 10.6. The molecule has 8 heteroatoms. The van der Waals surface area contributed by atoms with Crippen LogP contribution in [0, 0.1) is 5.92 Å². The Balaban J connectivity index is 1.47. The number of nitrogens with zero attached hydrogens (tertiary/aromatic N) is 2. The summed E-state index contributed by atoms with van der Waals surface area (Å²) in [6.07, 6.45) is 9.80.